The molecule has 7 heteroatoms. The lowest BCUT2D eigenvalue weighted by atomic mass is 9.54. The van der Waals surface area contributed by atoms with E-state index in [1.54, 1.807) is 6.07 Å². The van der Waals surface area contributed by atoms with E-state index in [4.69, 9.17) is 9.47 Å². The van der Waals surface area contributed by atoms with Crippen molar-refractivity contribution in [2.45, 2.75) is 63.3 Å². The molecular weight excluding hydrogens is 437 g/mol. The van der Waals surface area contributed by atoms with Crippen LogP contribution in [0.4, 0.5) is 4.39 Å². The van der Waals surface area contributed by atoms with Crippen LogP contribution >= 0.6 is 0 Å². The molecule has 4 saturated carbocycles. The summed E-state index contributed by atoms with van der Waals surface area (Å²) in [5.74, 6) is 2.36. The molecule has 184 valence electrons. The van der Waals surface area contributed by atoms with Gasteiger partial charge in [-0.2, -0.15) is 0 Å². The zero-order valence-electron chi connectivity index (χ0n) is 19.6. The van der Waals surface area contributed by atoms with Crippen molar-refractivity contribution in [1.82, 2.24) is 4.90 Å². The van der Waals surface area contributed by atoms with Crippen molar-refractivity contribution in [3.05, 3.63) is 29.1 Å². The number of carbonyl (C=O) groups excluding carboxylic acids is 1. The van der Waals surface area contributed by atoms with Gasteiger partial charge in [0.1, 0.15) is 11.6 Å². The predicted molar refractivity (Wildman–Crippen MR) is 122 cm³/mol. The van der Waals surface area contributed by atoms with Crippen LogP contribution in [0.3, 0.4) is 0 Å². The van der Waals surface area contributed by atoms with Gasteiger partial charge in [-0.3, -0.25) is 4.79 Å². The number of benzene rings is 1. The third-order valence-corrected chi connectivity index (χ3v) is 9.17. The first kappa shape index (κ1) is 22.3. The third kappa shape index (κ3) is 4.10. The SMILES string of the molecule is O=C(O)C1COCCN1C(=O)c1cc(C2CC2)c(OCC2CC3CC4CCC2C(C4)C3)cc1F. The summed E-state index contributed by atoms with van der Waals surface area (Å²) in [6.07, 6.45) is 10.0. The number of carboxylic acids is 1. The number of nitrogens with zero attached hydrogens (tertiary/aromatic N) is 1. The van der Waals surface area contributed by atoms with Gasteiger partial charge in [0, 0.05) is 12.6 Å². The van der Waals surface area contributed by atoms with Crippen LogP contribution in [0.2, 0.25) is 0 Å². The number of morpholine rings is 1. The fourth-order valence-electron chi connectivity index (χ4n) is 7.45. The van der Waals surface area contributed by atoms with Crippen LogP contribution in [0.1, 0.15) is 73.2 Å². The standard InChI is InChI=1S/C27H34FNO5/c28-23-12-25(34-13-19-10-16-7-15-1-4-20(19)18(8-15)9-16)21(17-2-3-17)11-22(23)26(30)29-5-6-33-14-24(29)27(31)32/h11-12,15-20,24H,1-10,13-14H2,(H,31,32). The number of amides is 1. The molecule has 0 radical (unpaired) electrons. The van der Waals surface area contributed by atoms with Crippen molar-refractivity contribution in [2.75, 3.05) is 26.4 Å². The van der Waals surface area contributed by atoms with Crippen LogP contribution in [0.15, 0.2) is 12.1 Å². The van der Waals surface area contributed by atoms with Crippen LogP contribution in [-0.2, 0) is 9.53 Å². The van der Waals surface area contributed by atoms with Crippen LogP contribution in [-0.4, -0.2) is 54.3 Å². The Labute approximate surface area is 199 Å². The van der Waals surface area contributed by atoms with E-state index in [1.165, 1.54) is 49.5 Å². The Balaban J connectivity index is 1.21. The molecule has 1 saturated heterocycles. The Hall–Kier alpha value is -2.15. The fourth-order valence-corrected chi connectivity index (χ4v) is 7.45. The van der Waals surface area contributed by atoms with E-state index < -0.39 is 23.7 Å². The van der Waals surface area contributed by atoms with Crippen molar-refractivity contribution in [2.24, 2.45) is 29.6 Å². The fraction of sp³-hybridized carbons (Fsp3) is 0.704. The van der Waals surface area contributed by atoms with E-state index in [0.29, 0.717) is 18.3 Å². The minimum atomic E-state index is -1.14. The van der Waals surface area contributed by atoms with Gasteiger partial charge in [-0.1, -0.05) is 6.42 Å². The molecule has 3 bridgehead atoms. The summed E-state index contributed by atoms with van der Waals surface area (Å²) >= 11 is 0. The molecule has 5 aliphatic rings. The maximum absolute atomic E-state index is 15.2. The quantitative estimate of drug-likeness (QED) is 0.663. The molecule has 0 aromatic heterocycles. The molecule has 1 N–H and O–H groups in total. The zero-order chi connectivity index (χ0) is 23.4. The molecular formula is C27H34FNO5. The number of carbonyl (C=O) groups is 2. The summed E-state index contributed by atoms with van der Waals surface area (Å²) in [4.78, 5) is 26.0. The lowest BCUT2D eigenvalue weighted by molar-refractivity contribution is -0.147. The number of halogens is 1. The Morgan fingerprint density at radius 1 is 1.09 bits per heavy atom. The first-order valence-corrected chi connectivity index (χ1v) is 13.1. The number of hydrogen-bond donors (Lipinski definition) is 1. The van der Waals surface area contributed by atoms with Gasteiger partial charge in [0.2, 0.25) is 0 Å². The molecule has 1 aliphatic heterocycles. The first-order chi connectivity index (χ1) is 16.5. The van der Waals surface area contributed by atoms with Gasteiger partial charge in [0.25, 0.3) is 5.91 Å². The Bertz CT molecular complexity index is 972. The number of fused-ring (bicyclic) bond motifs is 2. The zero-order valence-corrected chi connectivity index (χ0v) is 19.6. The van der Waals surface area contributed by atoms with E-state index in [-0.39, 0.29) is 31.2 Å². The molecule has 1 aromatic carbocycles. The summed E-state index contributed by atoms with van der Waals surface area (Å²) < 4.78 is 26.8. The second-order valence-corrected chi connectivity index (χ2v) is 11.3. The minimum absolute atomic E-state index is 0.0621. The van der Waals surface area contributed by atoms with Gasteiger partial charge in [-0.15, -0.1) is 0 Å². The topological polar surface area (TPSA) is 76.1 Å². The summed E-state index contributed by atoms with van der Waals surface area (Å²) in [5.41, 5.74) is 0.831. The summed E-state index contributed by atoms with van der Waals surface area (Å²) in [5, 5.41) is 9.48. The molecule has 6 nitrogen and oxygen atoms in total. The average molecular weight is 472 g/mol. The van der Waals surface area contributed by atoms with Crippen LogP contribution in [0.5, 0.6) is 5.75 Å². The normalized spacial score (nSPS) is 34.7. The minimum Gasteiger partial charge on any atom is -0.493 e. The van der Waals surface area contributed by atoms with E-state index in [2.05, 4.69) is 0 Å². The molecule has 34 heavy (non-hydrogen) atoms. The largest absolute Gasteiger partial charge is 0.493 e. The van der Waals surface area contributed by atoms with Crippen molar-refractivity contribution in [3.63, 3.8) is 0 Å². The number of ether oxygens (including phenoxy) is 2. The van der Waals surface area contributed by atoms with Gasteiger partial charge in [-0.05, 0) is 92.1 Å². The maximum atomic E-state index is 15.2. The average Bonchev–Trinajstić information content (AvgIpc) is 3.66. The monoisotopic (exact) mass is 471 g/mol. The number of hydrogen-bond acceptors (Lipinski definition) is 4. The van der Waals surface area contributed by atoms with Crippen molar-refractivity contribution in [1.29, 1.82) is 0 Å². The molecule has 4 aliphatic carbocycles. The van der Waals surface area contributed by atoms with Gasteiger partial charge in [-0.25, -0.2) is 9.18 Å². The summed E-state index contributed by atoms with van der Waals surface area (Å²) in [7, 11) is 0. The number of aliphatic carboxylic acids is 1. The van der Waals surface area contributed by atoms with Gasteiger partial charge >= 0.3 is 5.97 Å². The van der Waals surface area contributed by atoms with Crippen LogP contribution < -0.4 is 4.74 Å². The Kier molecular flexibility index (Phi) is 5.79. The van der Waals surface area contributed by atoms with E-state index in [0.717, 1.165) is 42.1 Å². The van der Waals surface area contributed by atoms with Gasteiger partial charge in [0.15, 0.2) is 6.04 Å². The lowest BCUT2D eigenvalue weighted by Gasteiger charge is -2.52. The summed E-state index contributed by atoms with van der Waals surface area (Å²) in [6.45, 7) is 0.932. The first-order valence-electron chi connectivity index (χ1n) is 13.1. The molecule has 1 heterocycles. The Morgan fingerprint density at radius 2 is 1.91 bits per heavy atom. The van der Waals surface area contributed by atoms with Gasteiger partial charge in [0.05, 0.1) is 25.4 Å². The third-order valence-electron chi connectivity index (χ3n) is 9.17. The van der Waals surface area contributed by atoms with Crippen molar-refractivity contribution >= 4 is 11.9 Å². The number of carboxylic acid groups (broad SMARTS) is 1. The maximum Gasteiger partial charge on any atom is 0.328 e. The van der Waals surface area contributed by atoms with E-state index in [9.17, 15) is 14.7 Å². The van der Waals surface area contributed by atoms with Crippen LogP contribution in [0.25, 0.3) is 0 Å². The predicted octanol–water partition coefficient (Wildman–Crippen LogP) is 4.47. The molecule has 6 atom stereocenters. The Morgan fingerprint density at radius 3 is 2.71 bits per heavy atom. The molecule has 0 spiro atoms. The molecule has 1 amide bonds. The highest BCUT2D eigenvalue weighted by Crippen LogP contribution is 2.54. The summed E-state index contributed by atoms with van der Waals surface area (Å²) in [6, 6.07) is 1.90. The molecule has 6 rings (SSSR count). The molecule has 6 unspecified atom stereocenters. The highest BCUT2D eigenvalue weighted by atomic mass is 19.1. The molecule has 1 aromatic rings. The second-order valence-electron chi connectivity index (χ2n) is 11.3. The smallest absolute Gasteiger partial charge is 0.328 e. The highest BCUT2D eigenvalue weighted by molar-refractivity contribution is 5.97. The van der Waals surface area contributed by atoms with E-state index in [1.807, 2.05) is 0 Å². The van der Waals surface area contributed by atoms with Crippen LogP contribution in [0, 0.1) is 35.4 Å². The molecule has 5 fully saturated rings. The van der Waals surface area contributed by atoms with Crippen molar-refractivity contribution in [3.8, 4) is 5.75 Å². The second kappa shape index (κ2) is 8.81. The van der Waals surface area contributed by atoms with E-state index >= 15 is 4.39 Å². The van der Waals surface area contributed by atoms with Gasteiger partial charge < -0.3 is 19.5 Å². The highest BCUT2D eigenvalue weighted by Gasteiger charge is 2.46. The number of rotatable bonds is 6. The van der Waals surface area contributed by atoms with Crippen molar-refractivity contribution < 1.29 is 28.6 Å². The lowest BCUT2D eigenvalue weighted by Crippen LogP contribution is -2.52.